The van der Waals surface area contributed by atoms with Crippen LogP contribution in [-0.2, 0) is 49.5 Å². The third-order valence-corrected chi connectivity index (χ3v) is 26.5. The lowest BCUT2D eigenvalue weighted by atomic mass is 9.47. The quantitative estimate of drug-likeness (QED) is 0.0317. The number of rotatable bonds is 20. The summed E-state index contributed by atoms with van der Waals surface area (Å²) in [6.07, 6.45) is 6.47. The molecule has 115 heavy (non-hydrogen) atoms. The van der Waals surface area contributed by atoms with Gasteiger partial charge in [-0.25, -0.2) is 19.9 Å². The minimum absolute atomic E-state index is 0.0160. The Kier molecular flexibility index (Phi) is 22.5. The van der Waals surface area contributed by atoms with Crippen LogP contribution in [0.3, 0.4) is 0 Å². The summed E-state index contributed by atoms with van der Waals surface area (Å²) in [5, 5.41) is 62.2. The molecule has 6 aromatic rings. The number of H-pyrrole nitrogens is 4. The van der Waals surface area contributed by atoms with Gasteiger partial charge in [0.05, 0.1) is 70.0 Å². The standard InChI is InChI=1S/C68H74N8O11.C24H32O4/c1-29-41(13-17-61(79)80)53-28-56-44(16-20-64(85)86)32(4)48(72-56)24-59-68(36(8)52(76-59)25-58-65(37(9)77)33(5)49(73-58)21-45(29)69-53)40(12)87-39(11)67-35(7)50-22-46-30(2)42(14-18-62(81)82)54(70-46)27-55-43(15-19-63(83)84)31(3)47(71-55)23-57-66(38(10)78)34(6)51(74-57)26-60(67)75-50;1-14-12-18-19(22(4)9-6-17(27)13-21(14)22)7-10-23(5)20(18)8-11-24(23,15(2)25)28-16(3)26/h21-28,37-40,72,74-78H,13-20H2,1-12H3,(H,79,80)(H,81,82)(H,83,84)(H,85,86);12-13,18-20H,6-11H2,1-5H3/t;18-,19+,20+,22-,23+,24+/m.1/s1. The number of nitrogens with one attached hydrogen (secondary N) is 4. The molecule has 4 aliphatic heterocycles. The number of aryl methyl sites for hydroxylation is 5. The molecule has 604 valence electrons. The molecule has 2 fully saturated rings. The predicted octanol–water partition coefficient (Wildman–Crippen LogP) is 18.4. The predicted molar refractivity (Wildman–Crippen MR) is 444 cm³/mol. The van der Waals surface area contributed by atoms with E-state index < -0.39 is 53.9 Å². The number of aliphatic hydroxyl groups is 2. The van der Waals surface area contributed by atoms with Crippen molar-refractivity contribution < 1.29 is 73.7 Å². The van der Waals surface area contributed by atoms with Crippen molar-refractivity contribution in [2.75, 3.05) is 0 Å². The maximum absolute atomic E-state index is 12.8. The summed E-state index contributed by atoms with van der Waals surface area (Å²) in [5.41, 5.74) is 23.6. The summed E-state index contributed by atoms with van der Waals surface area (Å²) in [6.45, 7) is 32.6. The molecule has 8 aliphatic rings. The average molecular weight is 1560 g/mol. The number of carboxylic acid groups (broad SMARTS) is 4. The second-order valence-corrected chi connectivity index (χ2v) is 33.5. The number of hydrogen-bond acceptors (Lipinski definition) is 15. The van der Waals surface area contributed by atoms with Crippen LogP contribution in [0, 0.1) is 56.3 Å². The highest BCUT2D eigenvalue weighted by Crippen LogP contribution is 2.68. The molecule has 10 atom stereocenters. The van der Waals surface area contributed by atoms with Crippen LogP contribution in [0.25, 0.3) is 88.7 Å². The third kappa shape index (κ3) is 15.0. The number of carbonyl (C=O) groups excluding carboxylic acids is 3. The SMILES string of the molecule is CC(=O)O[C@]1(C(C)=O)CC[C@H]2[C@@H]3C=C(C)C4=CC(=O)CC[C@]4(C)[C@H]3CC[C@@]21C.CC1=C(CCC(=O)O)c2cc3nc(cc4[nH]c(cc5[nH]c(cc1n2)c(C)c5C(C)OC(C)c1c(C)c2cc5nc(cc6nc(cc7[nH]c(cc1[nH]2)c(C)c7CCC(=O)O)C(CCC(=O)O)=C6C)C(C)=C5C(C)O)c(C)c4C(C)O)C(C)=C3CCC(=O)O. The molecular weight excluding hydrogens is 1460 g/mol. The maximum Gasteiger partial charge on any atom is 0.303 e. The summed E-state index contributed by atoms with van der Waals surface area (Å²) in [7, 11) is 0. The smallest absolute Gasteiger partial charge is 0.303 e. The van der Waals surface area contributed by atoms with Crippen LogP contribution in [-0.4, -0.2) is 124 Å². The van der Waals surface area contributed by atoms with Gasteiger partial charge >= 0.3 is 29.8 Å². The number of aromatic amines is 4. The highest BCUT2D eigenvalue weighted by atomic mass is 16.6. The lowest BCUT2D eigenvalue weighted by molar-refractivity contribution is -0.185. The molecule has 10 heterocycles. The molecule has 23 heteroatoms. The Morgan fingerprint density at radius 1 is 0.478 bits per heavy atom. The minimum Gasteiger partial charge on any atom is -0.481 e. The van der Waals surface area contributed by atoms with Crippen LogP contribution in [0.2, 0.25) is 0 Å². The number of esters is 1. The number of carbonyl (C=O) groups is 7. The van der Waals surface area contributed by atoms with E-state index >= 15 is 0 Å². The Morgan fingerprint density at radius 3 is 1.38 bits per heavy atom. The van der Waals surface area contributed by atoms with E-state index in [0.29, 0.717) is 126 Å². The zero-order valence-corrected chi connectivity index (χ0v) is 68.9. The second kappa shape index (κ2) is 31.5. The van der Waals surface area contributed by atoms with Crippen LogP contribution in [0.1, 0.15) is 282 Å². The number of allylic oxidation sites excluding steroid dienone is 11. The summed E-state index contributed by atoms with van der Waals surface area (Å²) >= 11 is 0. The van der Waals surface area contributed by atoms with Crippen LogP contribution < -0.4 is 0 Å². The van der Waals surface area contributed by atoms with Crippen molar-refractivity contribution in [2.45, 2.75) is 238 Å². The monoisotopic (exact) mass is 1560 g/mol. The van der Waals surface area contributed by atoms with Crippen LogP contribution in [0.5, 0.6) is 0 Å². The topological polar surface area (TPSA) is 374 Å². The third-order valence-electron chi connectivity index (χ3n) is 26.5. The van der Waals surface area contributed by atoms with Crippen LogP contribution in [0.15, 0.2) is 71.8 Å². The molecule has 0 saturated heterocycles. The molecule has 23 nitrogen and oxygen atoms in total. The van der Waals surface area contributed by atoms with E-state index in [0.717, 1.165) is 109 Å². The van der Waals surface area contributed by atoms with Crippen LogP contribution in [0.4, 0.5) is 0 Å². The molecule has 4 aliphatic carbocycles. The normalized spacial score (nSPS) is 22.2. The summed E-state index contributed by atoms with van der Waals surface area (Å²) in [5.74, 6) is -2.80. The van der Waals surface area contributed by atoms with E-state index in [-0.39, 0.29) is 79.7 Å². The van der Waals surface area contributed by atoms with E-state index in [1.54, 1.807) is 20.8 Å². The maximum atomic E-state index is 12.8. The number of carboxylic acids is 4. The van der Waals surface area contributed by atoms with Gasteiger partial charge in [-0.2, -0.15) is 0 Å². The minimum atomic E-state index is -0.990. The number of aliphatic hydroxyl groups excluding tert-OH is 2. The molecule has 2 saturated carbocycles. The van der Waals surface area contributed by atoms with E-state index in [1.165, 1.54) is 18.1 Å². The van der Waals surface area contributed by atoms with Crippen molar-refractivity contribution in [1.82, 2.24) is 39.9 Å². The average Bonchev–Trinajstić information content (AvgIpc) is 1.62. The van der Waals surface area contributed by atoms with Crippen molar-refractivity contribution in [3.8, 4) is 0 Å². The first kappa shape index (κ1) is 82.2. The molecule has 16 bridgehead atoms. The van der Waals surface area contributed by atoms with E-state index in [1.807, 2.05) is 124 Å². The number of ether oxygens (including phenoxy) is 2. The zero-order chi connectivity index (χ0) is 83.3. The highest BCUT2D eigenvalue weighted by Gasteiger charge is 2.67. The molecule has 0 amide bonds. The number of aliphatic carboxylic acids is 4. The van der Waals surface area contributed by atoms with Crippen LogP contribution >= 0.6 is 0 Å². The number of hydrogen-bond donors (Lipinski definition) is 10. The largest absolute Gasteiger partial charge is 0.481 e. The van der Waals surface area contributed by atoms with Crippen molar-refractivity contribution >= 4 is 130 Å². The molecular formula is C92H106N8O15. The van der Waals surface area contributed by atoms with Gasteiger partial charge in [-0.3, -0.25) is 33.6 Å². The molecule has 0 radical (unpaired) electrons. The first-order valence-corrected chi connectivity index (χ1v) is 40.1. The number of aromatic nitrogens is 8. The Hall–Kier alpha value is -10.8. The van der Waals surface area contributed by atoms with E-state index in [2.05, 4.69) is 46.8 Å². The van der Waals surface area contributed by atoms with Gasteiger partial charge in [0, 0.05) is 111 Å². The summed E-state index contributed by atoms with van der Waals surface area (Å²) in [4.78, 5) is 120. The fourth-order valence-corrected chi connectivity index (χ4v) is 20.5. The molecule has 4 unspecified atom stereocenters. The van der Waals surface area contributed by atoms with Crippen molar-refractivity contribution in [3.05, 3.63) is 162 Å². The van der Waals surface area contributed by atoms with Gasteiger partial charge in [-0.05, 0) is 305 Å². The van der Waals surface area contributed by atoms with Crippen molar-refractivity contribution in [2.24, 2.45) is 28.6 Å². The van der Waals surface area contributed by atoms with E-state index in [4.69, 9.17) is 29.4 Å². The number of nitrogens with zero attached hydrogens (tertiary/aromatic N) is 4. The Labute approximate surface area is 668 Å². The summed E-state index contributed by atoms with van der Waals surface area (Å²) in [6, 6.07) is 15.3. The van der Waals surface area contributed by atoms with E-state index in [9.17, 15) is 64.2 Å². The second-order valence-electron chi connectivity index (χ2n) is 33.5. The Bertz CT molecular complexity index is 5740. The highest BCUT2D eigenvalue weighted by molar-refractivity contribution is 6.00. The molecule has 0 spiro atoms. The molecule has 10 N–H and O–H groups in total. The van der Waals surface area contributed by atoms with Gasteiger partial charge in [0.1, 0.15) is 0 Å². The Morgan fingerprint density at radius 2 is 0.887 bits per heavy atom. The lowest BCUT2D eigenvalue weighted by Crippen LogP contribution is -2.58. The zero-order valence-electron chi connectivity index (χ0n) is 68.9. The van der Waals surface area contributed by atoms with Gasteiger partial charge < -0.3 is 60.0 Å². The first-order valence-electron chi connectivity index (χ1n) is 40.1. The molecule has 14 rings (SSSR count). The number of ketones is 2. The fourth-order valence-electron chi connectivity index (χ4n) is 20.5. The first-order chi connectivity index (χ1) is 54.2. The lowest BCUT2D eigenvalue weighted by Gasteiger charge is -2.58. The van der Waals surface area contributed by atoms with Crippen molar-refractivity contribution in [3.63, 3.8) is 0 Å². The van der Waals surface area contributed by atoms with Gasteiger partial charge in [-0.1, -0.05) is 25.5 Å². The number of fused-ring (bicyclic) bond motifs is 21. The van der Waals surface area contributed by atoms with Gasteiger partial charge in [0.25, 0.3) is 0 Å². The van der Waals surface area contributed by atoms with Gasteiger partial charge in [0.15, 0.2) is 17.2 Å². The summed E-state index contributed by atoms with van der Waals surface area (Å²) < 4.78 is 13.1. The molecule has 6 aromatic heterocycles. The fraction of sp³-hybridized carbons (Fsp3) is 0.446. The molecule has 0 aromatic carbocycles. The Balaban J connectivity index is 0.000000343. The number of Topliss-reactive ketones (excluding diaryl/α,β-unsaturated/α-hetero) is 1. The van der Waals surface area contributed by atoms with Gasteiger partial charge in [-0.15, -0.1) is 0 Å². The van der Waals surface area contributed by atoms with Crippen molar-refractivity contribution in [1.29, 1.82) is 0 Å². The van der Waals surface area contributed by atoms with Gasteiger partial charge in [0.2, 0.25) is 0 Å².